The third-order valence-electron chi connectivity index (χ3n) is 4.60. The molecule has 1 aliphatic heterocycles. The molecule has 26 heavy (non-hydrogen) atoms. The quantitative estimate of drug-likeness (QED) is 0.866. The lowest BCUT2D eigenvalue weighted by Gasteiger charge is -2.28. The Morgan fingerprint density at radius 2 is 1.58 bits per heavy atom. The predicted octanol–water partition coefficient (Wildman–Crippen LogP) is 3.57. The van der Waals surface area contributed by atoms with Crippen LogP contribution < -0.4 is 15.5 Å². The highest BCUT2D eigenvalue weighted by molar-refractivity contribution is 6.04. The van der Waals surface area contributed by atoms with Gasteiger partial charge in [0.25, 0.3) is 5.91 Å². The summed E-state index contributed by atoms with van der Waals surface area (Å²) >= 11 is 0. The highest BCUT2D eigenvalue weighted by atomic mass is 16.2. The molecule has 0 aromatic heterocycles. The minimum absolute atomic E-state index is 0.0696. The van der Waals surface area contributed by atoms with Crippen LogP contribution in [0.3, 0.4) is 0 Å². The van der Waals surface area contributed by atoms with Gasteiger partial charge in [0.15, 0.2) is 0 Å². The summed E-state index contributed by atoms with van der Waals surface area (Å²) < 4.78 is 0. The van der Waals surface area contributed by atoms with Gasteiger partial charge in [-0.05, 0) is 61.2 Å². The second-order valence-corrected chi connectivity index (χ2v) is 6.66. The molecule has 0 spiro atoms. The van der Waals surface area contributed by atoms with Gasteiger partial charge in [-0.3, -0.25) is 9.59 Å². The molecule has 1 heterocycles. The third-order valence-corrected chi connectivity index (χ3v) is 4.60. The number of anilines is 2. The topological polar surface area (TPSA) is 61.4 Å². The van der Waals surface area contributed by atoms with Gasteiger partial charge in [-0.2, -0.15) is 0 Å². The fourth-order valence-corrected chi connectivity index (χ4v) is 3.11. The van der Waals surface area contributed by atoms with E-state index in [0.29, 0.717) is 12.1 Å². The fraction of sp³-hybridized carbons (Fsp3) is 0.333. The number of piperidine rings is 1. The summed E-state index contributed by atoms with van der Waals surface area (Å²) in [4.78, 5) is 25.7. The van der Waals surface area contributed by atoms with Crippen LogP contribution in [0.1, 0.15) is 42.1 Å². The van der Waals surface area contributed by atoms with Crippen molar-refractivity contribution in [2.45, 2.75) is 32.7 Å². The third kappa shape index (κ3) is 4.85. The molecule has 2 N–H and O–H groups in total. The van der Waals surface area contributed by atoms with E-state index in [1.807, 2.05) is 24.3 Å². The molecule has 0 unspecified atom stereocenters. The van der Waals surface area contributed by atoms with Crippen LogP contribution >= 0.6 is 0 Å². The molecule has 1 aliphatic rings. The van der Waals surface area contributed by atoms with Crippen molar-refractivity contribution in [2.75, 3.05) is 23.3 Å². The molecule has 2 amide bonds. The van der Waals surface area contributed by atoms with E-state index in [9.17, 15) is 9.59 Å². The smallest absolute Gasteiger partial charge is 0.255 e. The van der Waals surface area contributed by atoms with E-state index in [0.717, 1.165) is 24.3 Å². The van der Waals surface area contributed by atoms with Crippen LogP contribution in [0.4, 0.5) is 11.4 Å². The first-order valence-electron chi connectivity index (χ1n) is 9.11. The second-order valence-electron chi connectivity index (χ2n) is 6.66. The number of carbonyl (C=O) groups is 2. The summed E-state index contributed by atoms with van der Waals surface area (Å²) in [6.45, 7) is 4.17. The van der Waals surface area contributed by atoms with Gasteiger partial charge in [-0.25, -0.2) is 0 Å². The van der Waals surface area contributed by atoms with Crippen LogP contribution in [-0.4, -0.2) is 24.9 Å². The van der Waals surface area contributed by atoms with Crippen LogP contribution in [0, 0.1) is 0 Å². The van der Waals surface area contributed by atoms with Crippen molar-refractivity contribution < 1.29 is 9.59 Å². The van der Waals surface area contributed by atoms with E-state index in [2.05, 4.69) is 27.7 Å². The van der Waals surface area contributed by atoms with Crippen molar-refractivity contribution in [1.82, 2.24) is 5.32 Å². The SMILES string of the molecule is CC(=O)NCc1ccc(C(=O)Nc2ccc(N3CCCCC3)cc2)cc1. The van der Waals surface area contributed by atoms with Crippen molar-refractivity contribution in [3.8, 4) is 0 Å². The largest absolute Gasteiger partial charge is 0.372 e. The lowest BCUT2D eigenvalue weighted by molar-refractivity contribution is -0.119. The molecule has 0 saturated carbocycles. The van der Waals surface area contributed by atoms with Gasteiger partial charge < -0.3 is 15.5 Å². The van der Waals surface area contributed by atoms with Crippen molar-refractivity contribution >= 4 is 23.2 Å². The van der Waals surface area contributed by atoms with Gasteiger partial charge in [0, 0.05) is 43.5 Å². The molecule has 0 bridgehead atoms. The molecule has 2 aromatic rings. The molecule has 1 fully saturated rings. The summed E-state index contributed by atoms with van der Waals surface area (Å²) in [5.41, 5.74) is 3.56. The molecular weight excluding hydrogens is 326 g/mol. The maximum absolute atomic E-state index is 12.4. The maximum Gasteiger partial charge on any atom is 0.255 e. The Hall–Kier alpha value is -2.82. The van der Waals surface area contributed by atoms with Crippen molar-refractivity contribution in [3.63, 3.8) is 0 Å². The minimum Gasteiger partial charge on any atom is -0.372 e. The molecule has 3 rings (SSSR count). The van der Waals surface area contributed by atoms with E-state index >= 15 is 0 Å². The monoisotopic (exact) mass is 351 g/mol. The molecule has 2 aromatic carbocycles. The van der Waals surface area contributed by atoms with Crippen LogP contribution in [0.15, 0.2) is 48.5 Å². The van der Waals surface area contributed by atoms with Crippen molar-refractivity contribution in [2.24, 2.45) is 0 Å². The summed E-state index contributed by atoms with van der Waals surface area (Å²) in [5.74, 6) is -0.207. The second kappa shape index (κ2) is 8.52. The zero-order chi connectivity index (χ0) is 18.4. The molecule has 1 saturated heterocycles. The molecule has 0 radical (unpaired) electrons. The molecule has 5 heteroatoms. The first-order chi connectivity index (χ1) is 12.6. The first kappa shape index (κ1) is 18.0. The Morgan fingerprint density at radius 3 is 2.19 bits per heavy atom. The molecule has 5 nitrogen and oxygen atoms in total. The standard InChI is InChI=1S/C21H25N3O2/c1-16(25)22-15-17-5-7-18(8-6-17)21(26)23-19-9-11-20(12-10-19)24-13-3-2-4-14-24/h5-12H,2-4,13-15H2,1H3,(H,22,25)(H,23,26). The van der Waals surface area contributed by atoms with Gasteiger partial charge in [0.05, 0.1) is 0 Å². The minimum atomic E-state index is -0.137. The number of nitrogens with one attached hydrogen (secondary N) is 2. The van der Waals surface area contributed by atoms with Crippen LogP contribution in [0.5, 0.6) is 0 Å². The number of rotatable bonds is 5. The lowest BCUT2D eigenvalue weighted by Crippen LogP contribution is -2.29. The van der Waals surface area contributed by atoms with Gasteiger partial charge >= 0.3 is 0 Å². The molecule has 136 valence electrons. The Morgan fingerprint density at radius 1 is 0.923 bits per heavy atom. The number of amides is 2. The van der Waals surface area contributed by atoms with Crippen molar-refractivity contribution in [1.29, 1.82) is 0 Å². The van der Waals surface area contributed by atoms with Crippen molar-refractivity contribution in [3.05, 3.63) is 59.7 Å². The molecule has 0 aliphatic carbocycles. The Bertz CT molecular complexity index is 748. The van der Waals surface area contributed by atoms with E-state index in [4.69, 9.17) is 0 Å². The predicted molar refractivity (Wildman–Crippen MR) is 104 cm³/mol. The summed E-state index contributed by atoms with van der Waals surface area (Å²) in [6.07, 6.45) is 3.81. The van der Waals surface area contributed by atoms with E-state index in [-0.39, 0.29) is 11.8 Å². The average molecular weight is 351 g/mol. The van der Waals surface area contributed by atoms with Gasteiger partial charge in [0.2, 0.25) is 5.91 Å². The first-order valence-corrected chi connectivity index (χ1v) is 9.11. The van der Waals surface area contributed by atoms with Crippen LogP contribution in [0.2, 0.25) is 0 Å². The number of hydrogen-bond donors (Lipinski definition) is 2. The van der Waals surface area contributed by atoms with E-state index in [1.165, 1.54) is 31.9 Å². The lowest BCUT2D eigenvalue weighted by atomic mass is 10.1. The fourth-order valence-electron chi connectivity index (χ4n) is 3.11. The Balaban J connectivity index is 1.57. The maximum atomic E-state index is 12.4. The molecular formula is C21H25N3O2. The van der Waals surface area contributed by atoms with E-state index in [1.54, 1.807) is 12.1 Å². The van der Waals surface area contributed by atoms with Gasteiger partial charge in [0.1, 0.15) is 0 Å². The summed E-state index contributed by atoms with van der Waals surface area (Å²) in [7, 11) is 0. The zero-order valence-corrected chi connectivity index (χ0v) is 15.1. The van der Waals surface area contributed by atoms with E-state index < -0.39 is 0 Å². The number of hydrogen-bond acceptors (Lipinski definition) is 3. The van der Waals surface area contributed by atoms with Crippen LogP contribution in [0.25, 0.3) is 0 Å². The number of benzene rings is 2. The summed E-state index contributed by atoms with van der Waals surface area (Å²) in [6, 6.07) is 15.3. The van der Waals surface area contributed by atoms with Gasteiger partial charge in [-0.15, -0.1) is 0 Å². The Labute approximate surface area is 154 Å². The number of carbonyl (C=O) groups excluding carboxylic acids is 2. The normalized spacial score (nSPS) is 14.0. The van der Waals surface area contributed by atoms with Crippen LogP contribution in [-0.2, 0) is 11.3 Å². The van der Waals surface area contributed by atoms with Gasteiger partial charge in [-0.1, -0.05) is 12.1 Å². The molecule has 0 atom stereocenters. The Kier molecular flexibility index (Phi) is 5.89. The zero-order valence-electron chi connectivity index (χ0n) is 15.1. The summed E-state index contributed by atoms with van der Waals surface area (Å²) in [5, 5.41) is 5.67. The highest BCUT2D eigenvalue weighted by Crippen LogP contribution is 2.22. The number of nitrogens with zero attached hydrogens (tertiary/aromatic N) is 1. The highest BCUT2D eigenvalue weighted by Gasteiger charge is 2.11. The average Bonchev–Trinajstić information content (AvgIpc) is 2.68.